The summed E-state index contributed by atoms with van der Waals surface area (Å²) < 4.78 is 0. The molecule has 1 aromatic heterocycles. The van der Waals surface area contributed by atoms with Crippen molar-refractivity contribution in [2.24, 2.45) is 0 Å². The van der Waals surface area contributed by atoms with Crippen molar-refractivity contribution < 1.29 is 4.79 Å². The molecule has 0 bridgehead atoms. The predicted molar refractivity (Wildman–Crippen MR) is 93.8 cm³/mol. The first-order valence-corrected chi connectivity index (χ1v) is 8.43. The van der Waals surface area contributed by atoms with Gasteiger partial charge in [-0.05, 0) is 43.7 Å². The van der Waals surface area contributed by atoms with Crippen LogP contribution in [-0.2, 0) is 4.79 Å². The van der Waals surface area contributed by atoms with Crippen molar-refractivity contribution in [3.63, 3.8) is 0 Å². The van der Waals surface area contributed by atoms with Gasteiger partial charge < -0.3 is 5.32 Å². The van der Waals surface area contributed by atoms with Crippen LogP contribution in [0.4, 0.5) is 5.69 Å². The maximum atomic E-state index is 12.0. The molecule has 1 amide bonds. The smallest absolute Gasteiger partial charge is 0.225 e. The lowest BCUT2D eigenvalue weighted by molar-refractivity contribution is -0.115. The molecule has 0 saturated heterocycles. The summed E-state index contributed by atoms with van der Waals surface area (Å²) in [6.07, 6.45) is 0.330. The molecule has 0 aliphatic carbocycles. The minimum atomic E-state index is -0.0889. The zero-order valence-corrected chi connectivity index (χ0v) is 14.5. The van der Waals surface area contributed by atoms with Crippen molar-refractivity contribution in [1.82, 2.24) is 4.98 Å². The molecule has 1 heterocycles. The number of amides is 1. The van der Waals surface area contributed by atoms with Gasteiger partial charge in [-0.15, -0.1) is 11.8 Å². The van der Waals surface area contributed by atoms with E-state index in [-0.39, 0.29) is 5.91 Å². The average Bonchev–Trinajstić information content (AvgIpc) is 2.52. The number of aromatic nitrogens is 1. The Hall–Kier alpha value is -2.03. The zero-order chi connectivity index (χ0) is 16.8. The van der Waals surface area contributed by atoms with Gasteiger partial charge in [0.2, 0.25) is 5.91 Å². The molecule has 2 rings (SSSR count). The highest BCUT2D eigenvalue weighted by molar-refractivity contribution is 7.99. The molecule has 0 saturated carbocycles. The van der Waals surface area contributed by atoms with Crippen molar-refractivity contribution in [1.29, 1.82) is 5.26 Å². The highest BCUT2D eigenvalue weighted by Crippen LogP contribution is 2.24. The number of hydrogen-bond acceptors (Lipinski definition) is 4. The van der Waals surface area contributed by atoms with Gasteiger partial charge >= 0.3 is 0 Å². The number of pyridine rings is 1. The second kappa shape index (κ2) is 8.00. The molecule has 0 spiro atoms. The number of carbonyl (C=O) groups is 1. The van der Waals surface area contributed by atoms with Gasteiger partial charge in [-0.3, -0.25) is 4.79 Å². The molecule has 0 unspecified atom stereocenters. The number of rotatable bonds is 5. The van der Waals surface area contributed by atoms with Crippen LogP contribution in [0, 0.1) is 25.2 Å². The summed E-state index contributed by atoms with van der Waals surface area (Å²) in [4.78, 5) is 16.4. The second-order valence-electron chi connectivity index (χ2n) is 4.98. The van der Waals surface area contributed by atoms with Crippen LogP contribution in [0.5, 0.6) is 0 Å². The summed E-state index contributed by atoms with van der Waals surface area (Å²) in [6.45, 7) is 3.74. The molecule has 1 N–H and O–H groups in total. The highest BCUT2D eigenvalue weighted by Gasteiger charge is 2.09. The molecule has 0 aliphatic heterocycles. The number of benzene rings is 1. The fraction of sp³-hybridized carbons (Fsp3) is 0.235. The quantitative estimate of drug-likeness (QED) is 0.818. The van der Waals surface area contributed by atoms with Gasteiger partial charge in [-0.2, -0.15) is 5.26 Å². The number of nitrogens with one attached hydrogen (secondary N) is 1. The molecule has 0 fully saturated rings. The monoisotopic (exact) mass is 345 g/mol. The number of anilines is 1. The SMILES string of the molecule is Cc1ccc(C#N)c(SCCC(=O)Nc2cccc(Cl)c2C)n1. The first-order chi connectivity index (χ1) is 11.0. The normalized spacial score (nSPS) is 10.2. The van der Waals surface area contributed by atoms with Crippen molar-refractivity contribution in [2.75, 3.05) is 11.1 Å². The lowest BCUT2D eigenvalue weighted by atomic mass is 10.2. The van der Waals surface area contributed by atoms with Crippen molar-refractivity contribution in [3.05, 3.63) is 52.2 Å². The predicted octanol–water partition coefficient (Wildman–Crippen LogP) is 4.34. The number of hydrogen-bond donors (Lipinski definition) is 1. The van der Waals surface area contributed by atoms with Gasteiger partial charge in [-0.1, -0.05) is 17.7 Å². The minimum absolute atomic E-state index is 0.0889. The van der Waals surface area contributed by atoms with Gasteiger partial charge in [-0.25, -0.2) is 4.98 Å². The number of nitriles is 1. The van der Waals surface area contributed by atoms with Crippen molar-refractivity contribution in [3.8, 4) is 6.07 Å². The molecule has 118 valence electrons. The molecular formula is C17H16ClN3OS. The molecular weight excluding hydrogens is 330 g/mol. The Morgan fingerprint density at radius 3 is 2.87 bits per heavy atom. The first kappa shape index (κ1) is 17.3. The molecule has 2 aromatic rings. The van der Waals surface area contributed by atoms with E-state index in [1.165, 1.54) is 11.8 Å². The van der Waals surface area contributed by atoms with Gasteiger partial charge in [0, 0.05) is 28.6 Å². The minimum Gasteiger partial charge on any atom is -0.326 e. The summed E-state index contributed by atoms with van der Waals surface area (Å²) in [5.74, 6) is 0.463. The largest absolute Gasteiger partial charge is 0.326 e. The third-order valence-corrected chi connectivity index (χ3v) is 4.63. The molecule has 0 radical (unpaired) electrons. The summed E-state index contributed by atoms with van der Waals surface area (Å²) in [5.41, 5.74) is 2.96. The Morgan fingerprint density at radius 2 is 2.13 bits per heavy atom. The number of nitrogens with zero attached hydrogens (tertiary/aromatic N) is 2. The molecule has 0 atom stereocenters. The van der Waals surface area contributed by atoms with E-state index in [1.807, 2.05) is 19.9 Å². The van der Waals surface area contributed by atoms with E-state index in [2.05, 4.69) is 16.4 Å². The topological polar surface area (TPSA) is 65.8 Å². The molecule has 23 heavy (non-hydrogen) atoms. The maximum absolute atomic E-state index is 12.0. The number of carbonyl (C=O) groups excluding carboxylic acids is 1. The van der Waals surface area contributed by atoms with E-state index in [0.29, 0.717) is 27.8 Å². The van der Waals surface area contributed by atoms with Gasteiger partial charge in [0.05, 0.1) is 5.56 Å². The van der Waals surface area contributed by atoms with Crippen LogP contribution < -0.4 is 5.32 Å². The highest BCUT2D eigenvalue weighted by atomic mass is 35.5. The van der Waals surface area contributed by atoms with Crippen LogP contribution in [0.25, 0.3) is 0 Å². The zero-order valence-electron chi connectivity index (χ0n) is 12.9. The van der Waals surface area contributed by atoms with Crippen LogP contribution in [0.15, 0.2) is 35.4 Å². The standard InChI is InChI=1S/C17H16ClN3OS/c1-11-6-7-13(10-19)17(20-11)23-9-8-16(22)21-15-5-3-4-14(18)12(15)2/h3-7H,8-9H2,1-2H3,(H,21,22). The molecule has 4 nitrogen and oxygen atoms in total. The lowest BCUT2D eigenvalue weighted by Gasteiger charge is -2.09. The molecule has 0 aliphatic rings. The summed E-state index contributed by atoms with van der Waals surface area (Å²) >= 11 is 7.45. The van der Waals surface area contributed by atoms with Crippen LogP contribution in [-0.4, -0.2) is 16.6 Å². The van der Waals surface area contributed by atoms with Crippen LogP contribution in [0.2, 0.25) is 5.02 Å². The van der Waals surface area contributed by atoms with Crippen LogP contribution in [0.3, 0.4) is 0 Å². The lowest BCUT2D eigenvalue weighted by Crippen LogP contribution is -2.13. The van der Waals surface area contributed by atoms with Gasteiger partial charge in [0.15, 0.2) is 0 Å². The van der Waals surface area contributed by atoms with Gasteiger partial charge in [0.25, 0.3) is 0 Å². The third kappa shape index (κ3) is 4.72. The number of thioether (sulfide) groups is 1. The van der Waals surface area contributed by atoms with Crippen LogP contribution >= 0.6 is 23.4 Å². The van der Waals surface area contributed by atoms with Crippen LogP contribution in [0.1, 0.15) is 23.2 Å². The first-order valence-electron chi connectivity index (χ1n) is 7.06. The number of aryl methyl sites for hydroxylation is 1. The Morgan fingerprint density at radius 1 is 1.35 bits per heavy atom. The van der Waals surface area contributed by atoms with E-state index in [1.54, 1.807) is 24.3 Å². The maximum Gasteiger partial charge on any atom is 0.225 e. The fourth-order valence-corrected chi connectivity index (χ4v) is 3.06. The summed E-state index contributed by atoms with van der Waals surface area (Å²) in [5, 5.41) is 13.2. The van der Waals surface area contributed by atoms with E-state index in [4.69, 9.17) is 16.9 Å². The van der Waals surface area contributed by atoms with E-state index in [9.17, 15) is 4.79 Å². The molecule has 1 aromatic carbocycles. The van der Waals surface area contributed by atoms with E-state index < -0.39 is 0 Å². The Labute approximate surface area is 144 Å². The average molecular weight is 346 g/mol. The van der Waals surface area contributed by atoms with Crippen molar-refractivity contribution >= 4 is 35.0 Å². The fourth-order valence-electron chi connectivity index (χ4n) is 1.92. The Bertz CT molecular complexity index is 771. The van der Waals surface area contributed by atoms with Crippen molar-refractivity contribution in [2.45, 2.75) is 25.3 Å². The Balaban J connectivity index is 1.92. The van der Waals surface area contributed by atoms with E-state index in [0.717, 1.165) is 16.9 Å². The summed E-state index contributed by atoms with van der Waals surface area (Å²) in [6, 6.07) is 11.1. The van der Waals surface area contributed by atoms with E-state index >= 15 is 0 Å². The Kier molecular flexibility index (Phi) is 6.03. The van der Waals surface area contributed by atoms with Gasteiger partial charge in [0.1, 0.15) is 11.1 Å². The third-order valence-electron chi connectivity index (χ3n) is 3.23. The second-order valence-corrected chi connectivity index (χ2v) is 6.47. The summed E-state index contributed by atoms with van der Waals surface area (Å²) in [7, 11) is 0. The number of halogens is 1. The molecule has 6 heteroatoms.